The van der Waals surface area contributed by atoms with Crippen LogP contribution in [0.4, 0.5) is 14.5 Å². The summed E-state index contributed by atoms with van der Waals surface area (Å²) in [5.41, 5.74) is 2.71. The molecule has 0 spiro atoms. The van der Waals surface area contributed by atoms with E-state index in [0.29, 0.717) is 5.69 Å². The van der Waals surface area contributed by atoms with Gasteiger partial charge in [-0.05, 0) is 35.4 Å². The fourth-order valence-corrected chi connectivity index (χ4v) is 2.78. The Bertz CT molecular complexity index is 1010. The number of benzene rings is 2. The molecule has 0 fully saturated rings. The third kappa shape index (κ3) is 1.66. The van der Waals surface area contributed by atoms with E-state index in [1.165, 1.54) is 6.07 Å². The van der Waals surface area contributed by atoms with Crippen LogP contribution in [0, 0.1) is 18.2 Å². The number of rotatable bonds is 1. The Morgan fingerprint density at radius 3 is 2.64 bits per heavy atom. The Hall–Kier alpha value is -3.06. The van der Waals surface area contributed by atoms with Crippen molar-refractivity contribution in [3.8, 4) is 11.3 Å². The predicted octanol–water partition coefficient (Wildman–Crippen LogP) is 5.21. The minimum Gasteiger partial charge on any atom is -0.248 e. The second-order valence-electron chi connectivity index (χ2n) is 5.04. The summed E-state index contributed by atoms with van der Waals surface area (Å²) in [6.07, 6.45) is 3.93. The quantitative estimate of drug-likeness (QED) is 0.440. The molecule has 2 nitrogen and oxygen atoms in total. The molecular weight excluding hydrogens is 282 g/mol. The molecule has 1 aromatic heterocycles. The van der Waals surface area contributed by atoms with Gasteiger partial charge in [-0.2, -0.15) is 0 Å². The molecule has 0 amide bonds. The van der Waals surface area contributed by atoms with Gasteiger partial charge in [0.2, 0.25) is 0 Å². The van der Waals surface area contributed by atoms with Crippen LogP contribution in [-0.4, -0.2) is 4.98 Å². The molecule has 1 aliphatic rings. The van der Waals surface area contributed by atoms with Crippen molar-refractivity contribution in [2.24, 2.45) is 0 Å². The standard InChI is InChI=1S/C18H8F2N2/c1-21-18-13(19)8-7-12(17(18)20)15-9-11-6-5-10-3-2-4-14(22-15)16(10)11/h2-9H. The van der Waals surface area contributed by atoms with Crippen LogP contribution in [0.25, 0.3) is 39.2 Å². The zero-order chi connectivity index (χ0) is 15.3. The molecule has 3 aromatic rings. The van der Waals surface area contributed by atoms with E-state index in [4.69, 9.17) is 6.57 Å². The van der Waals surface area contributed by atoms with E-state index >= 15 is 0 Å². The molecular formula is C18H8F2N2. The normalized spacial score (nSPS) is 11.9. The van der Waals surface area contributed by atoms with E-state index < -0.39 is 17.3 Å². The highest BCUT2D eigenvalue weighted by molar-refractivity contribution is 6.04. The summed E-state index contributed by atoms with van der Waals surface area (Å²) >= 11 is 0. The summed E-state index contributed by atoms with van der Waals surface area (Å²) in [6.45, 7) is 6.92. The number of pyridine rings is 1. The second kappa shape index (κ2) is 4.47. The summed E-state index contributed by atoms with van der Waals surface area (Å²) in [6, 6.07) is 9.92. The molecule has 0 atom stereocenters. The summed E-state index contributed by atoms with van der Waals surface area (Å²) in [4.78, 5) is 7.40. The van der Waals surface area contributed by atoms with Crippen LogP contribution in [0.1, 0.15) is 11.1 Å². The molecule has 0 N–H and O–H groups in total. The van der Waals surface area contributed by atoms with Crippen LogP contribution in [0.5, 0.6) is 0 Å². The maximum absolute atomic E-state index is 14.4. The third-order valence-electron chi connectivity index (χ3n) is 3.79. The van der Waals surface area contributed by atoms with Gasteiger partial charge in [0.25, 0.3) is 5.69 Å². The van der Waals surface area contributed by atoms with Crippen molar-refractivity contribution in [1.82, 2.24) is 4.98 Å². The van der Waals surface area contributed by atoms with Crippen LogP contribution in [0.2, 0.25) is 0 Å². The molecule has 0 unspecified atom stereocenters. The summed E-state index contributed by atoms with van der Waals surface area (Å²) < 4.78 is 27.8. The Kier molecular flexibility index (Phi) is 2.57. The fourth-order valence-electron chi connectivity index (χ4n) is 2.78. The fraction of sp³-hybridized carbons (Fsp3) is 0. The summed E-state index contributed by atoms with van der Waals surface area (Å²) in [5.74, 6) is -1.73. The highest BCUT2D eigenvalue weighted by atomic mass is 19.1. The Morgan fingerprint density at radius 2 is 1.82 bits per heavy atom. The Balaban J connectivity index is 2.02. The molecule has 0 aliphatic heterocycles. The van der Waals surface area contributed by atoms with Crippen molar-refractivity contribution in [2.45, 2.75) is 0 Å². The average Bonchev–Trinajstić information content (AvgIpc) is 2.93. The van der Waals surface area contributed by atoms with Gasteiger partial charge in [0.1, 0.15) is 11.6 Å². The lowest BCUT2D eigenvalue weighted by molar-refractivity contribution is 0.595. The van der Waals surface area contributed by atoms with E-state index in [1.54, 1.807) is 6.07 Å². The van der Waals surface area contributed by atoms with E-state index in [1.807, 2.05) is 30.4 Å². The molecule has 1 heterocycles. The maximum Gasteiger partial charge on any atom is 0.257 e. The number of nitrogens with zero attached hydrogens (tertiary/aromatic N) is 2. The Labute approximate surface area is 125 Å². The van der Waals surface area contributed by atoms with Crippen molar-refractivity contribution < 1.29 is 8.78 Å². The van der Waals surface area contributed by atoms with Crippen LogP contribution in [-0.2, 0) is 0 Å². The van der Waals surface area contributed by atoms with Crippen molar-refractivity contribution in [3.63, 3.8) is 0 Å². The van der Waals surface area contributed by atoms with E-state index in [-0.39, 0.29) is 5.56 Å². The number of hydrogen-bond donors (Lipinski definition) is 0. The average molecular weight is 290 g/mol. The van der Waals surface area contributed by atoms with Gasteiger partial charge in [-0.25, -0.2) is 18.6 Å². The van der Waals surface area contributed by atoms with Gasteiger partial charge in [-0.3, -0.25) is 0 Å². The molecule has 22 heavy (non-hydrogen) atoms. The molecule has 2 aromatic carbocycles. The monoisotopic (exact) mass is 290 g/mol. The largest absolute Gasteiger partial charge is 0.257 e. The van der Waals surface area contributed by atoms with Gasteiger partial charge in [-0.1, -0.05) is 24.3 Å². The highest BCUT2D eigenvalue weighted by Gasteiger charge is 2.18. The molecule has 1 aliphatic carbocycles. The van der Waals surface area contributed by atoms with E-state index in [2.05, 4.69) is 9.83 Å². The van der Waals surface area contributed by atoms with Gasteiger partial charge in [-0.15, -0.1) is 0 Å². The third-order valence-corrected chi connectivity index (χ3v) is 3.79. The van der Waals surface area contributed by atoms with Gasteiger partial charge in [0.15, 0.2) is 0 Å². The lowest BCUT2D eigenvalue weighted by Crippen LogP contribution is -1.93. The van der Waals surface area contributed by atoms with Gasteiger partial charge in [0, 0.05) is 10.9 Å². The molecule has 0 saturated carbocycles. The first-order chi connectivity index (χ1) is 10.7. The maximum atomic E-state index is 14.4. The molecule has 0 bridgehead atoms. The van der Waals surface area contributed by atoms with Crippen LogP contribution in [0.3, 0.4) is 0 Å². The molecule has 0 saturated heterocycles. The lowest BCUT2D eigenvalue weighted by atomic mass is 10.0. The number of aromatic nitrogens is 1. The molecule has 104 valence electrons. The first kappa shape index (κ1) is 12.7. The molecule has 4 heteroatoms. The van der Waals surface area contributed by atoms with Crippen molar-refractivity contribution in [1.29, 1.82) is 0 Å². The second-order valence-corrected chi connectivity index (χ2v) is 5.04. The van der Waals surface area contributed by atoms with Gasteiger partial charge >= 0.3 is 0 Å². The Morgan fingerprint density at radius 1 is 1.00 bits per heavy atom. The van der Waals surface area contributed by atoms with E-state index in [9.17, 15) is 8.78 Å². The highest BCUT2D eigenvalue weighted by Crippen LogP contribution is 2.36. The van der Waals surface area contributed by atoms with Crippen molar-refractivity contribution in [3.05, 3.63) is 70.6 Å². The van der Waals surface area contributed by atoms with Crippen molar-refractivity contribution in [2.75, 3.05) is 0 Å². The first-order valence-corrected chi connectivity index (χ1v) is 6.67. The lowest BCUT2D eigenvalue weighted by Gasteiger charge is -2.08. The first-order valence-electron chi connectivity index (χ1n) is 6.67. The minimum absolute atomic E-state index is 0.135. The van der Waals surface area contributed by atoms with Gasteiger partial charge < -0.3 is 0 Å². The number of halogens is 2. The van der Waals surface area contributed by atoms with Crippen LogP contribution < -0.4 is 0 Å². The zero-order valence-corrected chi connectivity index (χ0v) is 11.3. The summed E-state index contributed by atoms with van der Waals surface area (Å²) in [5, 5.41) is 1.03. The van der Waals surface area contributed by atoms with Crippen molar-refractivity contribution >= 4 is 28.7 Å². The zero-order valence-electron chi connectivity index (χ0n) is 11.3. The SMILES string of the molecule is [C-]#[N+]c1c(F)ccc(-c2cc3c4c(cccc4n2)C=C3)c1F. The van der Waals surface area contributed by atoms with Gasteiger partial charge in [0.05, 0.1) is 17.8 Å². The smallest absolute Gasteiger partial charge is 0.248 e. The van der Waals surface area contributed by atoms with E-state index in [0.717, 1.165) is 28.1 Å². The topological polar surface area (TPSA) is 17.2 Å². The summed E-state index contributed by atoms with van der Waals surface area (Å²) in [7, 11) is 0. The molecule has 0 radical (unpaired) electrons. The minimum atomic E-state index is -0.868. The van der Waals surface area contributed by atoms with Crippen LogP contribution in [0.15, 0.2) is 36.4 Å². The number of hydrogen-bond acceptors (Lipinski definition) is 1. The molecule has 4 rings (SSSR count). The van der Waals surface area contributed by atoms with Crippen LogP contribution >= 0.6 is 0 Å². The predicted molar refractivity (Wildman–Crippen MR) is 82.3 cm³/mol.